The van der Waals surface area contributed by atoms with Crippen LogP contribution < -0.4 is 0 Å². The standard InChI is InChI=1S/C16H22BrNO/c1-13-6-8-14(9-7-13)12-16(19)18(11-3-10-17)15-4-2-5-15/h6-9,15H,2-5,10-12H2,1H3. The summed E-state index contributed by atoms with van der Waals surface area (Å²) in [5.41, 5.74) is 2.37. The summed E-state index contributed by atoms with van der Waals surface area (Å²) in [5, 5.41) is 0.966. The van der Waals surface area contributed by atoms with E-state index < -0.39 is 0 Å². The Morgan fingerprint density at radius 1 is 1.32 bits per heavy atom. The lowest BCUT2D eigenvalue weighted by molar-refractivity contribution is -0.134. The number of rotatable bonds is 6. The zero-order valence-electron chi connectivity index (χ0n) is 11.6. The minimum atomic E-state index is 0.287. The molecule has 0 aromatic heterocycles. The van der Waals surface area contributed by atoms with E-state index in [0.717, 1.165) is 23.9 Å². The molecule has 3 heteroatoms. The molecule has 0 saturated heterocycles. The third-order valence-electron chi connectivity index (χ3n) is 3.84. The van der Waals surface area contributed by atoms with Crippen molar-refractivity contribution in [1.29, 1.82) is 0 Å². The molecule has 0 radical (unpaired) electrons. The molecule has 0 atom stereocenters. The molecule has 0 bridgehead atoms. The molecule has 19 heavy (non-hydrogen) atoms. The second kappa shape index (κ2) is 7.09. The minimum Gasteiger partial charge on any atom is -0.339 e. The minimum absolute atomic E-state index is 0.287. The number of amides is 1. The van der Waals surface area contributed by atoms with Crippen LogP contribution in [0.3, 0.4) is 0 Å². The Hall–Kier alpha value is -0.830. The lowest BCUT2D eigenvalue weighted by Gasteiger charge is -2.37. The molecule has 0 spiro atoms. The number of nitrogens with zero attached hydrogens (tertiary/aromatic N) is 1. The van der Waals surface area contributed by atoms with Gasteiger partial charge in [-0.3, -0.25) is 4.79 Å². The highest BCUT2D eigenvalue weighted by atomic mass is 79.9. The average molecular weight is 324 g/mol. The largest absolute Gasteiger partial charge is 0.339 e. The molecule has 0 heterocycles. The molecule has 1 aromatic carbocycles. The molecule has 1 aliphatic carbocycles. The van der Waals surface area contributed by atoms with Crippen molar-refractivity contribution in [2.75, 3.05) is 11.9 Å². The number of benzene rings is 1. The van der Waals surface area contributed by atoms with Gasteiger partial charge in [-0.2, -0.15) is 0 Å². The summed E-state index contributed by atoms with van der Waals surface area (Å²) in [5.74, 6) is 0.287. The van der Waals surface area contributed by atoms with Crippen LogP contribution in [0.1, 0.15) is 36.8 Å². The number of alkyl halides is 1. The Kier molecular flexibility index (Phi) is 5.44. The van der Waals surface area contributed by atoms with Crippen LogP contribution in [0, 0.1) is 6.92 Å². The quantitative estimate of drug-likeness (QED) is 0.731. The maximum absolute atomic E-state index is 12.4. The maximum atomic E-state index is 12.4. The molecular formula is C16H22BrNO. The van der Waals surface area contributed by atoms with Gasteiger partial charge in [0.05, 0.1) is 6.42 Å². The third kappa shape index (κ3) is 4.07. The zero-order chi connectivity index (χ0) is 13.7. The van der Waals surface area contributed by atoms with E-state index >= 15 is 0 Å². The number of carbonyl (C=O) groups is 1. The molecule has 0 aliphatic heterocycles. The van der Waals surface area contributed by atoms with Crippen molar-refractivity contribution in [1.82, 2.24) is 4.90 Å². The lowest BCUT2D eigenvalue weighted by atomic mass is 9.91. The Labute approximate surface area is 124 Å². The first-order chi connectivity index (χ1) is 9.20. The molecule has 1 amide bonds. The first kappa shape index (κ1) is 14.6. The van der Waals surface area contributed by atoms with E-state index in [2.05, 4.69) is 52.0 Å². The molecule has 1 saturated carbocycles. The molecule has 0 unspecified atom stereocenters. The highest BCUT2D eigenvalue weighted by molar-refractivity contribution is 9.09. The van der Waals surface area contributed by atoms with Gasteiger partial charge in [-0.15, -0.1) is 0 Å². The topological polar surface area (TPSA) is 20.3 Å². The van der Waals surface area contributed by atoms with Gasteiger partial charge in [-0.25, -0.2) is 0 Å². The molecule has 2 rings (SSSR count). The Morgan fingerprint density at radius 3 is 2.53 bits per heavy atom. The van der Waals surface area contributed by atoms with Crippen LogP contribution in [0.4, 0.5) is 0 Å². The van der Waals surface area contributed by atoms with Gasteiger partial charge < -0.3 is 4.90 Å². The fraction of sp³-hybridized carbons (Fsp3) is 0.562. The highest BCUT2D eigenvalue weighted by Crippen LogP contribution is 2.25. The van der Waals surface area contributed by atoms with Gasteiger partial charge in [0.15, 0.2) is 0 Å². The number of hydrogen-bond donors (Lipinski definition) is 0. The van der Waals surface area contributed by atoms with Crippen molar-refractivity contribution < 1.29 is 4.79 Å². The van der Waals surface area contributed by atoms with Crippen LogP contribution in [0.2, 0.25) is 0 Å². The van der Waals surface area contributed by atoms with Gasteiger partial charge in [-0.1, -0.05) is 45.8 Å². The van der Waals surface area contributed by atoms with E-state index in [4.69, 9.17) is 0 Å². The number of halogens is 1. The van der Waals surface area contributed by atoms with E-state index in [1.165, 1.54) is 24.8 Å². The van der Waals surface area contributed by atoms with Gasteiger partial charge in [-0.05, 0) is 38.2 Å². The predicted octanol–water partition coefficient (Wildman–Crippen LogP) is 3.70. The van der Waals surface area contributed by atoms with Crippen molar-refractivity contribution >= 4 is 21.8 Å². The monoisotopic (exact) mass is 323 g/mol. The Balaban J connectivity index is 1.96. The van der Waals surface area contributed by atoms with Gasteiger partial charge in [0.25, 0.3) is 0 Å². The lowest BCUT2D eigenvalue weighted by Crippen LogP contribution is -2.45. The molecule has 1 aliphatic rings. The van der Waals surface area contributed by atoms with E-state index in [1.54, 1.807) is 0 Å². The molecule has 0 N–H and O–H groups in total. The van der Waals surface area contributed by atoms with Crippen LogP contribution >= 0.6 is 15.9 Å². The normalized spacial score (nSPS) is 15.1. The summed E-state index contributed by atoms with van der Waals surface area (Å²) in [7, 11) is 0. The SMILES string of the molecule is Cc1ccc(CC(=O)N(CCCBr)C2CCC2)cc1. The van der Waals surface area contributed by atoms with Crippen molar-refractivity contribution in [3.05, 3.63) is 35.4 Å². The average Bonchev–Trinajstić information content (AvgIpc) is 2.34. The van der Waals surface area contributed by atoms with Gasteiger partial charge in [0.2, 0.25) is 5.91 Å². The fourth-order valence-electron chi connectivity index (χ4n) is 2.42. The van der Waals surface area contributed by atoms with E-state index in [9.17, 15) is 4.79 Å². The molecule has 1 aromatic rings. The van der Waals surface area contributed by atoms with Crippen molar-refractivity contribution in [3.63, 3.8) is 0 Å². The smallest absolute Gasteiger partial charge is 0.227 e. The predicted molar refractivity (Wildman–Crippen MR) is 82.6 cm³/mol. The summed E-state index contributed by atoms with van der Waals surface area (Å²) in [6.45, 7) is 2.96. The molecular weight excluding hydrogens is 302 g/mol. The first-order valence-electron chi connectivity index (χ1n) is 7.11. The summed E-state index contributed by atoms with van der Waals surface area (Å²) in [6, 6.07) is 8.79. The van der Waals surface area contributed by atoms with Crippen LogP contribution in [-0.2, 0) is 11.2 Å². The fourth-order valence-corrected chi connectivity index (χ4v) is 2.67. The second-order valence-corrected chi connectivity index (χ2v) is 6.17. The Morgan fingerprint density at radius 2 is 2.00 bits per heavy atom. The van der Waals surface area contributed by atoms with E-state index in [0.29, 0.717) is 12.5 Å². The summed E-state index contributed by atoms with van der Waals surface area (Å²) < 4.78 is 0. The summed E-state index contributed by atoms with van der Waals surface area (Å²) >= 11 is 3.45. The van der Waals surface area contributed by atoms with Crippen LogP contribution in [0.15, 0.2) is 24.3 Å². The van der Waals surface area contributed by atoms with Crippen molar-refractivity contribution in [2.24, 2.45) is 0 Å². The summed E-state index contributed by atoms with van der Waals surface area (Å²) in [4.78, 5) is 14.6. The molecule has 1 fully saturated rings. The van der Waals surface area contributed by atoms with Gasteiger partial charge >= 0.3 is 0 Å². The van der Waals surface area contributed by atoms with Gasteiger partial charge in [0.1, 0.15) is 0 Å². The second-order valence-electron chi connectivity index (χ2n) is 5.38. The van der Waals surface area contributed by atoms with Gasteiger partial charge in [0, 0.05) is 17.9 Å². The van der Waals surface area contributed by atoms with Crippen molar-refractivity contribution in [3.8, 4) is 0 Å². The van der Waals surface area contributed by atoms with Crippen LogP contribution in [-0.4, -0.2) is 28.7 Å². The Bertz CT molecular complexity index is 411. The first-order valence-corrected chi connectivity index (χ1v) is 8.24. The number of aryl methyl sites for hydroxylation is 1. The number of hydrogen-bond acceptors (Lipinski definition) is 1. The maximum Gasteiger partial charge on any atom is 0.227 e. The third-order valence-corrected chi connectivity index (χ3v) is 4.41. The summed E-state index contributed by atoms with van der Waals surface area (Å²) in [6.07, 6.45) is 5.21. The highest BCUT2D eigenvalue weighted by Gasteiger charge is 2.28. The molecule has 104 valence electrons. The number of carbonyl (C=O) groups excluding carboxylic acids is 1. The molecule has 2 nitrogen and oxygen atoms in total. The van der Waals surface area contributed by atoms with E-state index in [-0.39, 0.29) is 5.91 Å². The zero-order valence-corrected chi connectivity index (χ0v) is 13.2. The van der Waals surface area contributed by atoms with Crippen LogP contribution in [0.25, 0.3) is 0 Å². The van der Waals surface area contributed by atoms with E-state index in [1.807, 2.05) is 0 Å². The van der Waals surface area contributed by atoms with Crippen LogP contribution in [0.5, 0.6) is 0 Å². The van der Waals surface area contributed by atoms with Crippen molar-refractivity contribution in [2.45, 2.75) is 45.1 Å².